The average molecular weight is 470 g/mol. The second-order valence-electron chi connectivity index (χ2n) is 7.51. The zero-order chi connectivity index (χ0) is 23.6. The van der Waals surface area contributed by atoms with Crippen molar-refractivity contribution in [2.75, 3.05) is 0 Å². The molecule has 0 bridgehead atoms. The number of thioether (sulfide) groups is 1. The van der Waals surface area contributed by atoms with Crippen molar-refractivity contribution in [3.63, 3.8) is 0 Å². The maximum absolute atomic E-state index is 13.8. The van der Waals surface area contributed by atoms with Crippen molar-refractivity contribution in [3.8, 4) is 0 Å². The number of alkyl halides is 5. The monoisotopic (exact) mass is 470 g/mol. The topological polar surface area (TPSA) is 63.1 Å². The third-order valence-electron chi connectivity index (χ3n) is 4.60. The molecule has 0 spiro atoms. The van der Waals surface area contributed by atoms with Crippen LogP contribution in [-0.2, 0) is 18.3 Å². The highest BCUT2D eigenvalue weighted by atomic mass is 32.2. The highest BCUT2D eigenvalue weighted by Gasteiger charge is 2.40. The molecule has 2 heterocycles. The first-order valence-corrected chi connectivity index (χ1v) is 10.6. The van der Waals surface area contributed by atoms with Crippen LogP contribution in [0.15, 0.2) is 41.3 Å². The maximum Gasteiger partial charge on any atom is 0.434 e. The summed E-state index contributed by atoms with van der Waals surface area (Å²) < 4.78 is 68.4. The maximum atomic E-state index is 13.8. The summed E-state index contributed by atoms with van der Waals surface area (Å²) in [6.45, 7) is 3.33. The quantitative estimate of drug-likeness (QED) is 0.305. The van der Waals surface area contributed by atoms with Crippen molar-refractivity contribution in [3.05, 3.63) is 64.6 Å². The Hall–Kier alpha value is -2.75. The minimum Gasteiger partial charge on any atom is -0.478 e. The Balaban J connectivity index is 2.15. The average Bonchev–Trinajstić information content (AvgIpc) is 2.70. The van der Waals surface area contributed by atoms with Gasteiger partial charge >= 0.3 is 12.1 Å². The van der Waals surface area contributed by atoms with Gasteiger partial charge in [-0.3, -0.25) is 4.98 Å². The number of rotatable bonds is 7. The Labute approximate surface area is 184 Å². The Bertz CT molecular complexity index is 1150. The van der Waals surface area contributed by atoms with Crippen LogP contribution in [0.2, 0.25) is 0 Å². The van der Waals surface area contributed by atoms with Gasteiger partial charge in [0, 0.05) is 16.0 Å². The lowest BCUT2D eigenvalue weighted by molar-refractivity contribution is -0.143. The molecule has 3 aromatic rings. The Morgan fingerprint density at radius 1 is 1.09 bits per heavy atom. The van der Waals surface area contributed by atoms with Crippen molar-refractivity contribution in [1.82, 2.24) is 9.97 Å². The highest BCUT2D eigenvalue weighted by molar-refractivity contribution is 7.98. The van der Waals surface area contributed by atoms with Crippen molar-refractivity contribution in [2.24, 2.45) is 5.92 Å². The lowest BCUT2D eigenvalue weighted by Crippen LogP contribution is -2.20. The first kappa shape index (κ1) is 23.9. The Morgan fingerprint density at radius 3 is 2.38 bits per heavy atom. The number of halogens is 5. The summed E-state index contributed by atoms with van der Waals surface area (Å²) in [5, 5.41) is 10.4. The number of hydrogen-bond acceptors (Lipinski definition) is 4. The molecule has 0 aliphatic heterocycles. The fraction of sp³-hybridized carbons (Fsp3) is 0.318. The molecule has 4 nitrogen and oxygen atoms in total. The fourth-order valence-corrected chi connectivity index (χ4v) is 4.43. The van der Waals surface area contributed by atoms with Crippen LogP contribution in [-0.4, -0.2) is 21.0 Å². The molecule has 0 saturated carbocycles. The van der Waals surface area contributed by atoms with Crippen LogP contribution in [0.25, 0.3) is 10.9 Å². The van der Waals surface area contributed by atoms with Crippen LogP contribution in [0.3, 0.4) is 0 Å². The zero-order valence-electron chi connectivity index (χ0n) is 17.1. The first-order chi connectivity index (χ1) is 15.0. The number of nitrogens with zero attached hydrogens (tertiary/aromatic N) is 2. The molecular weight excluding hydrogens is 451 g/mol. The van der Waals surface area contributed by atoms with Gasteiger partial charge in [0.1, 0.15) is 5.69 Å². The summed E-state index contributed by atoms with van der Waals surface area (Å²) in [6.07, 6.45) is -8.62. The predicted molar refractivity (Wildman–Crippen MR) is 111 cm³/mol. The van der Waals surface area contributed by atoms with Crippen molar-refractivity contribution in [2.45, 2.75) is 43.5 Å². The molecule has 2 aromatic heterocycles. The molecule has 0 saturated heterocycles. The number of carbonyl (C=O) groups is 1. The lowest BCUT2D eigenvalue weighted by Gasteiger charge is -2.21. The molecule has 0 amide bonds. The van der Waals surface area contributed by atoms with Gasteiger partial charge in [-0.2, -0.15) is 13.2 Å². The summed E-state index contributed by atoms with van der Waals surface area (Å²) in [5.74, 6) is -2.03. The molecule has 0 fully saturated rings. The van der Waals surface area contributed by atoms with E-state index in [0.29, 0.717) is 23.0 Å². The van der Waals surface area contributed by atoms with E-state index in [4.69, 9.17) is 0 Å². The van der Waals surface area contributed by atoms with Crippen LogP contribution >= 0.6 is 11.8 Å². The number of aromatic carboxylic acids is 1. The molecule has 32 heavy (non-hydrogen) atoms. The number of para-hydroxylation sites is 1. The van der Waals surface area contributed by atoms with E-state index in [1.54, 1.807) is 38.1 Å². The van der Waals surface area contributed by atoms with Crippen LogP contribution in [0.5, 0.6) is 0 Å². The molecule has 0 unspecified atom stereocenters. The van der Waals surface area contributed by atoms with Crippen LogP contribution in [0.1, 0.15) is 53.3 Å². The second kappa shape index (κ2) is 9.40. The summed E-state index contributed by atoms with van der Waals surface area (Å²) in [6, 6.07) is 10.6. The molecule has 0 aliphatic rings. The SMILES string of the molecule is CC(C)Cc1c(SCc2ccc3ccccc3n2)c(C(F)(F)F)nc(C(F)F)c1C(=O)O. The fourth-order valence-electron chi connectivity index (χ4n) is 3.32. The van der Waals surface area contributed by atoms with Crippen molar-refractivity contribution in [1.29, 1.82) is 0 Å². The molecule has 1 aromatic carbocycles. The molecule has 0 atom stereocenters. The number of benzene rings is 1. The lowest BCUT2D eigenvalue weighted by atomic mass is 9.96. The van der Waals surface area contributed by atoms with E-state index >= 15 is 0 Å². The first-order valence-electron chi connectivity index (χ1n) is 9.62. The molecular formula is C22H19F5N2O2S. The normalized spacial score (nSPS) is 12.2. The molecule has 10 heteroatoms. The number of fused-ring (bicyclic) bond motifs is 1. The van der Waals surface area contributed by atoms with E-state index in [1.807, 2.05) is 12.1 Å². The smallest absolute Gasteiger partial charge is 0.434 e. The Kier molecular flexibility index (Phi) is 7.02. The second-order valence-corrected chi connectivity index (χ2v) is 8.50. The Morgan fingerprint density at radius 2 is 1.78 bits per heavy atom. The van der Waals surface area contributed by atoms with Gasteiger partial charge in [0.05, 0.1) is 16.8 Å². The summed E-state index contributed by atoms with van der Waals surface area (Å²) in [7, 11) is 0. The van der Waals surface area contributed by atoms with Crippen LogP contribution < -0.4 is 0 Å². The number of hydrogen-bond donors (Lipinski definition) is 1. The van der Waals surface area contributed by atoms with Gasteiger partial charge in [0.15, 0.2) is 5.69 Å². The van der Waals surface area contributed by atoms with Crippen LogP contribution in [0, 0.1) is 5.92 Å². The third kappa shape index (κ3) is 5.17. The van der Waals surface area contributed by atoms with E-state index in [1.165, 1.54) is 0 Å². The van der Waals surface area contributed by atoms with Gasteiger partial charge < -0.3 is 5.11 Å². The highest BCUT2D eigenvalue weighted by Crippen LogP contribution is 2.42. The van der Waals surface area contributed by atoms with Crippen LogP contribution in [0.4, 0.5) is 22.0 Å². The van der Waals surface area contributed by atoms with E-state index in [2.05, 4.69) is 9.97 Å². The van der Waals surface area contributed by atoms with E-state index in [-0.39, 0.29) is 23.7 Å². The standard InChI is InChI=1S/C22H19F5N2O2S/c1-11(2)9-14-16(21(30)31)17(20(23)24)29-19(22(25,26)27)18(14)32-10-13-8-7-12-5-3-4-6-15(12)28-13/h3-8,11,20H,9-10H2,1-2H3,(H,30,31). The minimum atomic E-state index is -5.04. The number of pyridine rings is 2. The largest absolute Gasteiger partial charge is 0.478 e. The third-order valence-corrected chi connectivity index (χ3v) is 5.77. The van der Waals surface area contributed by atoms with Gasteiger partial charge in [-0.05, 0) is 30.0 Å². The van der Waals surface area contributed by atoms with E-state index in [9.17, 15) is 31.9 Å². The summed E-state index contributed by atoms with van der Waals surface area (Å²) >= 11 is 0.703. The molecule has 0 radical (unpaired) electrons. The van der Waals surface area contributed by atoms with Crippen molar-refractivity contribution < 1.29 is 31.9 Å². The predicted octanol–water partition coefficient (Wildman–Crippen LogP) is 6.78. The molecule has 3 rings (SSSR count). The number of carboxylic acids is 1. The molecule has 1 N–H and O–H groups in total. The van der Waals surface area contributed by atoms with Gasteiger partial charge in [-0.15, -0.1) is 11.8 Å². The van der Waals surface area contributed by atoms with Gasteiger partial charge in [0.2, 0.25) is 0 Å². The van der Waals surface area contributed by atoms with Gasteiger partial charge in [-0.25, -0.2) is 18.6 Å². The zero-order valence-corrected chi connectivity index (χ0v) is 17.9. The van der Waals surface area contributed by atoms with Gasteiger partial charge in [-0.1, -0.05) is 38.1 Å². The van der Waals surface area contributed by atoms with E-state index in [0.717, 1.165) is 5.39 Å². The minimum absolute atomic E-state index is 0.0201. The molecule has 0 aliphatic carbocycles. The number of aromatic nitrogens is 2. The van der Waals surface area contributed by atoms with E-state index < -0.39 is 40.4 Å². The van der Waals surface area contributed by atoms with Crippen molar-refractivity contribution >= 4 is 28.6 Å². The molecule has 170 valence electrons. The summed E-state index contributed by atoms with van der Waals surface area (Å²) in [4.78, 5) is 18.8. The summed E-state index contributed by atoms with van der Waals surface area (Å²) in [5.41, 5.74) is -2.90. The van der Waals surface area contributed by atoms with Gasteiger partial charge in [0.25, 0.3) is 6.43 Å². The number of carboxylic acid groups (broad SMARTS) is 1.